The second-order valence-corrected chi connectivity index (χ2v) is 7.36. The standard InChI is InChI=1S/C19H19F2N2O2S/c20-17(21)25-16-9-7-14(8-10-16)19(24)13-22-11-4-12-26-18(22)23(19)15-5-2-1-3-6-15/h1-3,5-10,17,24H,4,11-13H2/q+1/t19-/m0/s1. The molecule has 0 bridgehead atoms. The van der Waals surface area contributed by atoms with Gasteiger partial charge >= 0.3 is 11.8 Å². The molecule has 136 valence electrons. The van der Waals surface area contributed by atoms with Crippen LogP contribution >= 0.6 is 11.8 Å². The quantitative estimate of drug-likeness (QED) is 0.828. The van der Waals surface area contributed by atoms with Gasteiger partial charge in [0.05, 0.1) is 6.54 Å². The highest BCUT2D eigenvalue weighted by Gasteiger charge is 2.55. The van der Waals surface area contributed by atoms with Crippen molar-refractivity contribution in [3.63, 3.8) is 0 Å². The molecule has 0 amide bonds. The Labute approximate surface area is 154 Å². The average Bonchev–Trinajstić information content (AvgIpc) is 2.95. The van der Waals surface area contributed by atoms with Crippen LogP contribution < -0.4 is 9.64 Å². The maximum Gasteiger partial charge on any atom is 0.387 e. The fourth-order valence-corrected chi connectivity index (χ4v) is 4.66. The molecule has 2 heterocycles. The lowest BCUT2D eigenvalue weighted by Crippen LogP contribution is -2.46. The maximum atomic E-state index is 12.4. The van der Waals surface area contributed by atoms with Crippen LogP contribution in [0, 0.1) is 0 Å². The summed E-state index contributed by atoms with van der Waals surface area (Å²) in [4.78, 5) is 1.94. The molecule has 2 aliphatic heterocycles. The molecule has 2 aromatic rings. The van der Waals surface area contributed by atoms with E-state index in [1.807, 2.05) is 35.2 Å². The highest BCUT2D eigenvalue weighted by Crippen LogP contribution is 2.40. The maximum absolute atomic E-state index is 12.4. The van der Waals surface area contributed by atoms with Crippen LogP contribution in [-0.2, 0) is 5.72 Å². The topological polar surface area (TPSA) is 35.7 Å². The Kier molecular flexibility index (Phi) is 4.58. The molecule has 0 radical (unpaired) electrons. The fraction of sp³-hybridized carbons (Fsp3) is 0.316. The number of nitrogens with zero attached hydrogens (tertiary/aromatic N) is 2. The van der Waals surface area contributed by atoms with Crippen LogP contribution in [0.3, 0.4) is 0 Å². The van der Waals surface area contributed by atoms with Crippen molar-refractivity contribution in [1.82, 2.24) is 0 Å². The molecule has 0 unspecified atom stereocenters. The van der Waals surface area contributed by atoms with E-state index in [9.17, 15) is 13.9 Å². The molecular weight excluding hydrogens is 358 g/mol. The van der Waals surface area contributed by atoms with Crippen molar-refractivity contribution >= 4 is 22.6 Å². The summed E-state index contributed by atoms with van der Waals surface area (Å²) >= 11 is 1.73. The van der Waals surface area contributed by atoms with E-state index in [1.54, 1.807) is 23.9 Å². The number of para-hydroxylation sites is 1. The van der Waals surface area contributed by atoms with Gasteiger partial charge in [-0.05, 0) is 54.6 Å². The Hall–Kier alpha value is -2.12. The number of aliphatic hydroxyl groups is 1. The van der Waals surface area contributed by atoms with Crippen LogP contribution in [0.25, 0.3) is 0 Å². The summed E-state index contributed by atoms with van der Waals surface area (Å²) in [5, 5.41) is 12.7. The van der Waals surface area contributed by atoms with Crippen molar-refractivity contribution in [2.75, 3.05) is 23.7 Å². The Balaban J connectivity index is 1.73. The normalized spacial score (nSPS) is 22.7. The first-order valence-electron chi connectivity index (χ1n) is 8.46. The first-order valence-corrected chi connectivity index (χ1v) is 9.44. The zero-order valence-electron chi connectivity index (χ0n) is 14.0. The molecule has 0 aromatic heterocycles. The third-order valence-corrected chi connectivity index (χ3v) is 5.79. The predicted molar refractivity (Wildman–Crippen MR) is 98.0 cm³/mol. The molecule has 26 heavy (non-hydrogen) atoms. The molecule has 2 aromatic carbocycles. The van der Waals surface area contributed by atoms with E-state index in [4.69, 9.17) is 0 Å². The van der Waals surface area contributed by atoms with Crippen LogP contribution in [0.2, 0.25) is 0 Å². The Morgan fingerprint density at radius 3 is 2.54 bits per heavy atom. The number of halogens is 2. The van der Waals surface area contributed by atoms with Crippen molar-refractivity contribution in [2.24, 2.45) is 0 Å². The summed E-state index contributed by atoms with van der Waals surface area (Å²) in [6.07, 6.45) is 1.06. The monoisotopic (exact) mass is 377 g/mol. The molecular formula is C19H19F2N2O2S+. The summed E-state index contributed by atoms with van der Waals surface area (Å²) in [6.45, 7) is -1.54. The molecule has 0 spiro atoms. The molecule has 1 atom stereocenters. The van der Waals surface area contributed by atoms with Gasteiger partial charge in [-0.25, -0.2) is 4.58 Å². The van der Waals surface area contributed by atoms with Crippen molar-refractivity contribution in [1.29, 1.82) is 0 Å². The summed E-state index contributed by atoms with van der Waals surface area (Å²) in [5.41, 5.74) is 0.275. The first kappa shape index (κ1) is 17.3. The number of thioether (sulfide) groups is 1. The third-order valence-electron chi connectivity index (χ3n) is 4.60. The van der Waals surface area contributed by atoms with Crippen molar-refractivity contribution in [3.8, 4) is 5.75 Å². The predicted octanol–water partition coefficient (Wildman–Crippen LogP) is 3.46. The van der Waals surface area contributed by atoms with Gasteiger partial charge in [0.2, 0.25) is 0 Å². The van der Waals surface area contributed by atoms with Crippen LogP contribution in [0.15, 0.2) is 54.6 Å². The van der Waals surface area contributed by atoms with Gasteiger partial charge in [-0.3, -0.25) is 0 Å². The van der Waals surface area contributed by atoms with Gasteiger partial charge in [0.1, 0.15) is 11.4 Å². The molecule has 0 saturated heterocycles. The second-order valence-electron chi connectivity index (χ2n) is 6.30. The Morgan fingerprint density at radius 1 is 1.12 bits per heavy atom. The minimum atomic E-state index is -2.86. The summed E-state index contributed by atoms with van der Waals surface area (Å²) in [5.74, 6) is 1.09. The number of hydrogen-bond acceptors (Lipinski definition) is 4. The highest BCUT2D eigenvalue weighted by atomic mass is 32.2. The lowest BCUT2D eigenvalue weighted by molar-refractivity contribution is -0.532. The van der Waals surface area contributed by atoms with Gasteiger partial charge in [-0.2, -0.15) is 13.7 Å². The Bertz CT molecular complexity index is 814. The molecule has 0 fully saturated rings. The van der Waals surface area contributed by atoms with Crippen LogP contribution in [0.4, 0.5) is 14.5 Å². The number of hydrogen-bond donors (Lipinski definition) is 1. The number of benzene rings is 2. The fourth-order valence-electron chi connectivity index (χ4n) is 3.48. The SMILES string of the molecule is O[C@]1(c2ccc(OC(F)F)cc2)C[N+]2=C(SCCC2)N1c1ccccc1. The summed E-state index contributed by atoms with van der Waals surface area (Å²) < 4.78 is 31.4. The zero-order chi connectivity index (χ0) is 18.1. The first-order chi connectivity index (χ1) is 12.6. The van der Waals surface area contributed by atoms with E-state index in [2.05, 4.69) is 9.31 Å². The third kappa shape index (κ3) is 3.05. The van der Waals surface area contributed by atoms with E-state index in [1.165, 1.54) is 12.1 Å². The van der Waals surface area contributed by atoms with E-state index >= 15 is 0 Å². The van der Waals surface area contributed by atoms with Gasteiger partial charge in [-0.15, -0.1) is 0 Å². The molecule has 1 N–H and O–H groups in total. The molecule has 7 heteroatoms. The van der Waals surface area contributed by atoms with Crippen molar-refractivity contribution < 1.29 is 23.2 Å². The van der Waals surface area contributed by atoms with Gasteiger partial charge in [-0.1, -0.05) is 18.2 Å². The summed E-state index contributed by atoms with van der Waals surface area (Å²) in [7, 11) is 0. The number of rotatable bonds is 4. The number of anilines is 1. The van der Waals surface area contributed by atoms with E-state index in [0.717, 1.165) is 29.6 Å². The highest BCUT2D eigenvalue weighted by molar-refractivity contribution is 8.14. The van der Waals surface area contributed by atoms with E-state index < -0.39 is 12.3 Å². The number of alkyl halides is 2. The van der Waals surface area contributed by atoms with Crippen LogP contribution in [-0.4, -0.2) is 40.3 Å². The largest absolute Gasteiger partial charge is 0.435 e. The number of ether oxygens (including phenoxy) is 1. The minimum Gasteiger partial charge on any atom is -0.435 e. The molecule has 0 aliphatic carbocycles. The van der Waals surface area contributed by atoms with Gasteiger partial charge < -0.3 is 9.84 Å². The number of amidine groups is 1. The van der Waals surface area contributed by atoms with Gasteiger partial charge in [0, 0.05) is 11.3 Å². The minimum absolute atomic E-state index is 0.0800. The molecule has 0 saturated carbocycles. The lowest BCUT2D eigenvalue weighted by atomic mass is 10.0. The zero-order valence-corrected chi connectivity index (χ0v) is 14.8. The van der Waals surface area contributed by atoms with Gasteiger partial charge in [0.15, 0.2) is 6.54 Å². The average molecular weight is 377 g/mol. The van der Waals surface area contributed by atoms with Gasteiger partial charge in [0.25, 0.3) is 5.72 Å². The van der Waals surface area contributed by atoms with E-state index in [-0.39, 0.29) is 5.75 Å². The second kappa shape index (κ2) is 6.89. The lowest BCUT2D eigenvalue weighted by Gasteiger charge is -2.28. The van der Waals surface area contributed by atoms with Crippen molar-refractivity contribution in [2.45, 2.75) is 18.8 Å². The van der Waals surface area contributed by atoms with Crippen molar-refractivity contribution in [3.05, 3.63) is 60.2 Å². The van der Waals surface area contributed by atoms with Crippen LogP contribution in [0.1, 0.15) is 12.0 Å². The Morgan fingerprint density at radius 2 is 1.85 bits per heavy atom. The summed E-state index contributed by atoms with van der Waals surface area (Å²) in [6, 6.07) is 16.0. The smallest absolute Gasteiger partial charge is 0.387 e. The molecule has 2 aliphatic rings. The van der Waals surface area contributed by atoms with Crippen LogP contribution in [0.5, 0.6) is 5.75 Å². The van der Waals surface area contributed by atoms with E-state index in [0.29, 0.717) is 12.1 Å². The molecule has 4 rings (SSSR count). The molecule has 4 nitrogen and oxygen atoms in total.